The van der Waals surface area contributed by atoms with Gasteiger partial charge >= 0.3 is 11.9 Å². The molecule has 0 aliphatic heterocycles. The fourth-order valence-corrected chi connectivity index (χ4v) is 2.49. The van der Waals surface area contributed by atoms with E-state index in [1.807, 2.05) is 0 Å². The Morgan fingerprint density at radius 3 is 2.32 bits per heavy atom. The van der Waals surface area contributed by atoms with E-state index in [1.54, 1.807) is 0 Å². The van der Waals surface area contributed by atoms with Crippen LogP contribution in [0.15, 0.2) is 18.3 Å². The van der Waals surface area contributed by atoms with Crippen LogP contribution >= 0.6 is 23.2 Å². The molecule has 2 aromatic rings. The van der Waals surface area contributed by atoms with Gasteiger partial charge in [0.05, 0.1) is 20.5 Å². The number of carbonyl (C=O) groups is 1. The quantitative estimate of drug-likeness (QED) is 0.606. The summed E-state index contributed by atoms with van der Waals surface area (Å²) in [6, 6.07) is 1.22. The molecule has 0 atom stereocenters. The minimum atomic E-state index is -4.68. The number of amides is 1. The van der Waals surface area contributed by atoms with Crippen molar-refractivity contribution in [2.75, 3.05) is 5.43 Å². The average Bonchev–Trinajstić information content (AvgIpc) is 2.87. The molecule has 0 aliphatic rings. The van der Waals surface area contributed by atoms with E-state index in [0.29, 0.717) is 12.1 Å². The Balaban J connectivity index is 2.62. The van der Waals surface area contributed by atoms with Crippen molar-refractivity contribution >= 4 is 40.6 Å². The lowest BCUT2D eigenvalue weighted by Crippen LogP contribution is -2.28. The number of anilines is 1. The number of nitrogens with zero attached hydrogens (tertiary/aromatic N) is 3. The van der Waals surface area contributed by atoms with Gasteiger partial charge in [-0.2, -0.15) is 18.3 Å². The van der Waals surface area contributed by atoms with Crippen LogP contribution < -0.4 is 10.9 Å². The summed E-state index contributed by atoms with van der Waals surface area (Å²) < 4.78 is 39.2. The summed E-state index contributed by atoms with van der Waals surface area (Å²) >= 11 is 11.7. The molecule has 0 bridgehead atoms. The molecule has 1 heterocycles. The Kier molecular flexibility index (Phi) is 5.09. The number of hydrogen-bond acceptors (Lipinski definition) is 5. The van der Waals surface area contributed by atoms with Crippen LogP contribution in [0.3, 0.4) is 0 Å². The van der Waals surface area contributed by atoms with Gasteiger partial charge in [0.1, 0.15) is 11.9 Å². The van der Waals surface area contributed by atoms with E-state index in [4.69, 9.17) is 23.2 Å². The van der Waals surface area contributed by atoms with Gasteiger partial charge in [0.25, 0.3) is 0 Å². The van der Waals surface area contributed by atoms with Crippen LogP contribution in [0.25, 0.3) is 5.69 Å². The molecule has 1 aromatic heterocycles. The van der Waals surface area contributed by atoms with E-state index in [2.05, 4.69) is 16.0 Å². The summed E-state index contributed by atoms with van der Waals surface area (Å²) in [4.78, 5) is 21.3. The Morgan fingerprint density at radius 2 is 1.88 bits per heavy atom. The van der Waals surface area contributed by atoms with Crippen molar-refractivity contribution in [1.82, 2.24) is 15.2 Å². The molecule has 0 unspecified atom stereocenters. The van der Waals surface area contributed by atoms with Gasteiger partial charge in [-0.05, 0) is 12.1 Å². The molecule has 0 spiro atoms. The topological polar surface area (TPSA) is 102 Å². The number of nitro groups is 1. The van der Waals surface area contributed by atoms with Crippen LogP contribution in [0, 0.1) is 10.1 Å². The number of carbonyl (C=O) groups excluding carboxylic acids is 1. The van der Waals surface area contributed by atoms with Crippen LogP contribution in [0.2, 0.25) is 10.0 Å². The highest BCUT2D eigenvalue weighted by Crippen LogP contribution is 2.39. The van der Waals surface area contributed by atoms with Gasteiger partial charge in [-0.1, -0.05) is 23.2 Å². The van der Waals surface area contributed by atoms with E-state index < -0.39 is 38.3 Å². The zero-order valence-electron chi connectivity index (χ0n) is 12.2. The average molecular weight is 398 g/mol. The van der Waals surface area contributed by atoms with Gasteiger partial charge in [0, 0.05) is 6.92 Å². The smallest absolute Gasteiger partial charge is 0.276 e. The molecule has 8 nitrogen and oxygen atoms in total. The first kappa shape index (κ1) is 18.8. The standard InChI is InChI=1S/C12H8Cl2F3N5O3/c1-5(23)19-20-11-9(22(24)25)4-18-21(11)10-7(13)2-6(3-8(10)14)12(15,16)17/h2-4,20H,1H3,(H,19,23). The van der Waals surface area contributed by atoms with Crippen molar-refractivity contribution in [3.05, 3.63) is 44.1 Å². The Labute approximate surface area is 147 Å². The van der Waals surface area contributed by atoms with Crippen molar-refractivity contribution in [3.8, 4) is 5.69 Å². The lowest BCUT2D eigenvalue weighted by molar-refractivity contribution is -0.384. The second-order valence-electron chi connectivity index (χ2n) is 4.64. The first-order chi connectivity index (χ1) is 11.5. The molecule has 13 heteroatoms. The van der Waals surface area contributed by atoms with Crippen LogP contribution in [-0.2, 0) is 11.0 Å². The fourth-order valence-electron chi connectivity index (χ4n) is 1.84. The number of alkyl halides is 3. The van der Waals surface area contributed by atoms with Crippen molar-refractivity contribution in [1.29, 1.82) is 0 Å². The monoisotopic (exact) mass is 397 g/mol. The third-order valence-corrected chi connectivity index (χ3v) is 3.44. The molecule has 0 aliphatic carbocycles. The Bertz CT molecular complexity index is 830. The van der Waals surface area contributed by atoms with Gasteiger partial charge < -0.3 is 0 Å². The molecule has 0 saturated carbocycles. The lowest BCUT2D eigenvalue weighted by Gasteiger charge is -2.14. The summed E-state index contributed by atoms with van der Waals surface area (Å²) in [5.41, 5.74) is 2.49. The Morgan fingerprint density at radius 1 is 1.32 bits per heavy atom. The molecule has 0 saturated heterocycles. The molecule has 0 fully saturated rings. The second-order valence-corrected chi connectivity index (χ2v) is 5.45. The number of rotatable bonds is 4. The van der Waals surface area contributed by atoms with Crippen molar-refractivity contribution in [3.63, 3.8) is 0 Å². The highest BCUT2D eigenvalue weighted by atomic mass is 35.5. The molecule has 2 rings (SSSR count). The van der Waals surface area contributed by atoms with Gasteiger partial charge in [0.15, 0.2) is 0 Å². The molecule has 1 amide bonds. The molecule has 0 radical (unpaired) electrons. The van der Waals surface area contributed by atoms with Gasteiger partial charge in [0.2, 0.25) is 11.7 Å². The zero-order chi connectivity index (χ0) is 18.9. The zero-order valence-corrected chi connectivity index (χ0v) is 13.7. The number of nitrogens with one attached hydrogen (secondary N) is 2. The maximum absolute atomic E-state index is 12.8. The van der Waals surface area contributed by atoms with Crippen LogP contribution in [0.1, 0.15) is 12.5 Å². The van der Waals surface area contributed by atoms with Gasteiger partial charge in [-0.3, -0.25) is 25.8 Å². The van der Waals surface area contributed by atoms with E-state index in [1.165, 1.54) is 0 Å². The van der Waals surface area contributed by atoms with Gasteiger partial charge in [-0.25, -0.2) is 4.68 Å². The predicted octanol–water partition coefficient (Wildman–Crippen LogP) is 3.57. The third kappa shape index (κ3) is 3.94. The largest absolute Gasteiger partial charge is 0.416 e. The fraction of sp³-hybridized carbons (Fsp3) is 0.167. The molecule has 1 aromatic carbocycles. The number of halogens is 5. The highest BCUT2D eigenvalue weighted by Gasteiger charge is 2.33. The molecular formula is C12H8Cl2F3N5O3. The van der Waals surface area contributed by atoms with Crippen molar-refractivity contribution in [2.45, 2.75) is 13.1 Å². The maximum Gasteiger partial charge on any atom is 0.416 e. The number of hydrogen-bond donors (Lipinski definition) is 2. The second kappa shape index (κ2) is 6.76. The van der Waals surface area contributed by atoms with E-state index in [0.717, 1.165) is 17.8 Å². The molecule has 2 N–H and O–H groups in total. The van der Waals surface area contributed by atoms with E-state index >= 15 is 0 Å². The lowest BCUT2D eigenvalue weighted by atomic mass is 10.2. The molecular weight excluding hydrogens is 390 g/mol. The molecule has 134 valence electrons. The normalized spacial score (nSPS) is 11.3. The number of benzene rings is 1. The third-order valence-electron chi connectivity index (χ3n) is 2.86. The summed E-state index contributed by atoms with van der Waals surface area (Å²) in [5, 5.41) is 13.9. The van der Waals surface area contributed by atoms with Crippen LogP contribution in [0.4, 0.5) is 24.7 Å². The Hall–Kier alpha value is -2.53. The minimum absolute atomic E-state index is 0.225. The highest BCUT2D eigenvalue weighted by molar-refractivity contribution is 6.38. The molecule has 25 heavy (non-hydrogen) atoms. The van der Waals surface area contributed by atoms with Crippen molar-refractivity contribution < 1.29 is 22.9 Å². The summed E-state index contributed by atoms with van der Waals surface area (Å²) in [6.45, 7) is 1.14. The van der Waals surface area contributed by atoms with Gasteiger partial charge in [-0.15, -0.1) is 0 Å². The van der Waals surface area contributed by atoms with E-state index in [9.17, 15) is 28.1 Å². The van der Waals surface area contributed by atoms with Crippen LogP contribution in [0.5, 0.6) is 0 Å². The van der Waals surface area contributed by atoms with E-state index in [-0.39, 0.29) is 11.5 Å². The first-order valence-corrected chi connectivity index (χ1v) is 7.09. The van der Waals surface area contributed by atoms with Crippen LogP contribution in [-0.4, -0.2) is 20.6 Å². The summed E-state index contributed by atoms with van der Waals surface area (Å²) in [7, 11) is 0. The van der Waals surface area contributed by atoms with Crippen molar-refractivity contribution in [2.24, 2.45) is 0 Å². The predicted molar refractivity (Wildman–Crippen MR) is 82.7 cm³/mol. The SMILES string of the molecule is CC(=O)NNc1c([N+](=O)[O-])cnn1-c1c(Cl)cc(C(F)(F)F)cc1Cl. The summed E-state index contributed by atoms with van der Waals surface area (Å²) in [5.74, 6) is -0.921. The number of hydrazine groups is 1. The maximum atomic E-state index is 12.8. The first-order valence-electron chi connectivity index (χ1n) is 6.34. The summed E-state index contributed by atoms with van der Waals surface area (Å²) in [6.07, 6.45) is -3.85. The number of aromatic nitrogens is 2. The minimum Gasteiger partial charge on any atom is -0.276 e.